The molecule has 1 amide bonds. The minimum absolute atomic E-state index is 0.156. The topological polar surface area (TPSA) is 94.7 Å². The molecule has 8 nitrogen and oxygen atoms in total. The first-order chi connectivity index (χ1) is 15.4. The summed E-state index contributed by atoms with van der Waals surface area (Å²) in [4.78, 5) is 23.2. The fraction of sp³-hybridized carbons (Fsp3) is 0.458. The van der Waals surface area contributed by atoms with E-state index in [2.05, 4.69) is 16.0 Å². The summed E-state index contributed by atoms with van der Waals surface area (Å²) < 4.78 is 5.43. The Morgan fingerprint density at radius 1 is 1.19 bits per heavy atom. The number of pyridine rings is 2. The summed E-state index contributed by atoms with van der Waals surface area (Å²) >= 11 is 0. The molecule has 166 valence electrons. The second-order valence-corrected chi connectivity index (χ2v) is 8.57. The van der Waals surface area contributed by atoms with Gasteiger partial charge in [-0.1, -0.05) is 12.8 Å². The lowest BCUT2D eigenvalue weighted by Crippen LogP contribution is -2.33. The number of hydrogen-bond acceptors (Lipinski definition) is 7. The molecule has 2 aliphatic rings. The maximum atomic E-state index is 12.4. The summed E-state index contributed by atoms with van der Waals surface area (Å²) in [5.41, 5.74) is 3.25. The largest absolute Gasteiger partial charge is 0.480 e. The van der Waals surface area contributed by atoms with Crippen LogP contribution >= 0.6 is 0 Å². The SMILES string of the molecule is COc1nc(C2=NN(c3ccc(C#N)c(C)n3)C(C3CCCC3)C2)ccc1C(=O)N(C)C. The number of anilines is 1. The Morgan fingerprint density at radius 2 is 1.94 bits per heavy atom. The van der Waals surface area contributed by atoms with E-state index >= 15 is 0 Å². The molecule has 0 N–H and O–H groups in total. The Bertz CT molecular complexity index is 1100. The number of aryl methyl sites for hydroxylation is 1. The predicted octanol–water partition coefficient (Wildman–Crippen LogP) is 3.54. The molecule has 2 aromatic heterocycles. The first-order valence-corrected chi connectivity index (χ1v) is 10.9. The lowest BCUT2D eigenvalue weighted by atomic mass is 9.93. The predicted molar refractivity (Wildman–Crippen MR) is 122 cm³/mol. The van der Waals surface area contributed by atoms with Crippen molar-refractivity contribution in [3.63, 3.8) is 0 Å². The van der Waals surface area contributed by atoms with E-state index in [1.165, 1.54) is 37.7 Å². The maximum absolute atomic E-state index is 12.4. The number of ether oxygens (including phenoxy) is 1. The van der Waals surface area contributed by atoms with Crippen LogP contribution in [0.3, 0.4) is 0 Å². The Labute approximate surface area is 188 Å². The van der Waals surface area contributed by atoms with Gasteiger partial charge in [-0.05, 0) is 49.9 Å². The molecule has 1 fully saturated rings. The Morgan fingerprint density at radius 3 is 2.56 bits per heavy atom. The Kier molecular flexibility index (Phi) is 6.08. The number of carbonyl (C=O) groups is 1. The fourth-order valence-corrected chi connectivity index (χ4v) is 4.57. The number of aromatic nitrogens is 2. The van der Waals surface area contributed by atoms with Crippen LogP contribution in [0.25, 0.3) is 0 Å². The molecule has 1 aliphatic heterocycles. The van der Waals surface area contributed by atoms with Gasteiger partial charge in [0.1, 0.15) is 17.5 Å². The summed E-state index contributed by atoms with van der Waals surface area (Å²) in [6.45, 7) is 1.85. The lowest BCUT2D eigenvalue weighted by molar-refractivity contribution is 0.0823. The number of carbonyl (C=O) groups excluding carboxylic acids is 1. The van der Waals surface area contributed by atoms with E-state index < -0.39 is 0 Å². The lowest BCUT2D eigenvalue weighted by Gasteiger charge is -2.27. The minimum atomic E-state index is -0.156. The number of amides is 1. The molecule has 2 aromatic rings. The standard InChI is InChI=1S/C24H28N6O2/c1-15-17(14-25)9-12-22(26-15)30-21(16-7-5-6-8-16)13-20(28-30)19-11-10-18(23(27-19)32-4)24(31)29(2)3/h9-12,16,21H,5-8,13H2,1-4H3. The highest BCUT2D eigenvalue weighted by molar-refractivity contribution is 6.03. The molecule has 3 heterocycles. The molecule has 4 rings (SSSR count). The second kappa shape index (κ2) is 8.95. The first kappa shape index (κ1) is 21.8. The van der Waals surface area contributed by atoms with Crippen LogP contribution in [0, 0.1) is 24.2 Å². The highest BCUT2D eigenvalue weighted by atomic mass is 16.5. The quantitative estimate of drug-likeness (QED) is 0.717. The van der Waals surface area contributed by atoms with E-state index in [0.717, 1.165) is 18.0 Å². The molecule has 0 radical (unpaired) electrons. The Hall–Kier alpha value is -3.47. The van der Waals surface area contributed by atoms with Crippen molar-refractivity contribution in [2.45, 2.75) is 45.1 Å². The molecule has 32 heavy (non-hydrogen) atoms. The molecule has 1 aliphatic carbocycles. The van der Waals surface area contributed by atoms with Gasteiger partial charge in [0.25, 0.3) is 5.91 Å². The summed E-state index contributed by atoms with van der Waals surface area (Å²) in [6.07, 6.45) is 5.57. The summed E-state index contributed by atoms with van der Waals surface area (Å²) in [7, 11) is 4.92. The smallest absolute Gasteiger partial charge is 0.258 e. The van der Waals surface area contributed by atoms with Crippen LogP contribution in [-0.2, 0) is 0 Å². The van der Waals surface area contributed by atoms with Crippen molar-refractivity contribution in [3.8, 4) is 11.9 Å². The van der Waals surface area contributed by atoms with Gasteiger partial charge in [0.15, 0.2) is 0 Å². The van der Waals surface area contributed by atoms with Gasteiger partial charge in [0, 0.05) is 20.5 Å². The normalized spacial score (nSPS) is 18.4. The van der Waals surface area contributed by atoms with Crippen LogP contribution < -0.4 is 9.75 Å². The zero-order valence-electron chi connectivity index (χ0n) is 19.0. The molecule has 1 saturated carbocycles. The summed E-state index contributed by atoms with van der Waals surface area (Å²) in [5.74, 6) is 1.43. The zero-order chi connectivity index (χ0) is 22.8. The molecule has 1 unspecified atom stereocenters. The third-order valence-electron chi connectivity index (χ3n) is 6.30. The number of hydrogen-bond donors (Lipinski definition) is 0. The molecule has 8 heteroatoms. The number of hydrazone groups is 1. The number of methoxy groups -OCH3 is 1. The van der Waals surface area contributed by atoms with E-state index in [4.69, 9.17) is 9.84 Å². The third kappa shape index (κ3) is 4.03. The van der Waals surface area contributed by atoms with Crippen molar-refractivity contribution in [2.24, 2.45) is 11.0 Å². The number of nitriles is 1. The van der Waals surface area contributed by atoms with Crippen molar-refractivity contribution < 1.29 is 9.53 Å². The van der Waals surface area contributed by atoms with E-state index in [1.807, 2.05) is 24.1 Å². The summed E-state index contributed by atoms with van der Waals surface area (Å²) in [5, 5.41) is 16.2. The van der Waals surface area contributed by atoms with Gasteiger partial charge < -0.3 is 9.64 Å². The summed E-state index contributed by atoms with van der Waals surface area (Å²) in [6, 6.07) is 9.64. The van der Waals surface area contributed by atoms with Gasteiger partial charge in [-0.2, -0.15) is 10.4 Å². The van der Waals surface area contributed by atoms with Crippen LogP contribution in [0.5, 0.6) is 5.88 Å². The van der Waals surface area contributed by atoms with Crippen molar-refractivity contribution in [2.75, 3.05) is 26.2 Å². The van der Waals surface area contributed by atoms with Crippen molar-refractivity contribution >= 4 is 17.4 Å². The average Bonchev–Trinajstić information content (AvgIpc) is 3.48. The zero-order valence-corrected chi connectivity index (χ0v) is 19.0. The van der Waals surface area contributed by atoms with Crippen LogP contribution in [0.1, 0.15) is 59.4 Å². The molecular formula is C24H28N6O2. The Balaban J connectivity index is 1.71. The molecular weight excluding hydrogens is 404 g/mol. The van der Waals surface area contributed by atoms with Gasteiger partial charge in [-0.3, -0.25) is 4.79 Å². The van der Waals surface area contributed by atoms with Crippen LogP contribution in [-0.4, -0.2) is 53.7 Å². The van der Waals surface area contributed by atoms with Crippen molar-refractivity contribution in [3.05, 3.63) is 46.8 Å². The molecule has 0 bridgehead atoms. The van der Waals surface area contributed by atoms with Crippen molar-refractivity contribution in [1.29, 1.82) is 5.26 Å². The molecule has 0 saturated heterocycles. The second-order valence-electron chi connectivity index (χ2n) is 8.57. The number of rotatable bonds is 5. The van der Waals surface area contributed by atoms with Gasteiger partial charge in [-0.25, -0.2) is 15.0 Å². The molecule has 1 atom stereocenters. The molecule has 0 aromatic carbocycles. The maximum Gasteiger partial charge on any atom is 0.258 e. The van der Waals surface area contributed by atoms with Gasteiger partial charge in [-0.15, -0.1) is 0 Å². The van der Waals surface area contributed by atoms with Gasteiger partial charge in [0.2, 0.25) is 5.88 Å². The van der Waals surface area contributed by atoms with E-state index in [1.54, 1.807) is 26.2 Å². The highest BCUT2D eigenvalue weighted by Crippen LogP contribution is 2.38. The van der Waals surface area contributed by atoms with Crippen molar-refractivity contribution in [1.82, 2.24) is 14.9 Å². The fourth-order valence-electron chi connectivity index (χ4n) is 4.57. The first-order valence-electron chi connectivity index (χ1n) is 10.9. The van der Waals surface area contributed by atoms with Gasteiger partial charge in [0.05, 0.1) is 35.8 Å². The molecule has 0 spiro atoms. The van der Waals surface area contributed by atoms with Crippen LogP contribution in [0.4, 0.5) is 5.82 Å². The average molecular weight is 433 g/mol. The van der Waals surface area contributed by atoms with E-state index in [0.29, 0.717) is 34.3 Å². The monoisotopic (exact) mass is 432 g/mol. The highest BCUT2D eigenvalue weighted by Gasteiger charge is 2.37. The van der Waals surface area contributed by atoms with Crippen LogP contribution in [0.2, 0.25) is 0 Å². The minimum Gasteiger partial charge on any atom is -0.480 e. The number of nitrogens with zero attached hydrogens (tertiary/aromatic N) is 6. The van der Waals surface area contributed by atoms with Crippen LogP contribution in [0.15, 0.2) is 29.4 Å². The van der Waals surface area contributed by atoms with Gasteiger partial charge >= 0.3 is 0 Å². The van der Waals surface area contributed by atoms with E-state index in [-0.39, 0.29) is 11.9 Å². The van der Waals surface area contributed by atoms with E-state index in [9.17, 15) is 10.1 Å². The third-order valence-corrected chi connectivity index (χ3v) is 6.30.